The molecule has 0 fully saturated rings. The smallest absolute Gasteiger partial charge is 0.333 e. The zero-order valence-corrected chi connectivity index (χ0v) is 36.5. The Morgan fingerprint density at radius 1 is 0.344 bits per heavy atom. The number of unbranched alkanes of at least 4 members (excludes halogenated alkanes) is 12. The summed E-state index contributed by atoms with van der Waals surface area (Å²) in [6.45, 7) is 4.16. The molecule has 0 saturated carbocycles. The molecule has 0 aromatic carbocycles. The number of rotatable bonds is 36. The van der Waals surface area contributed by atoms with Gasteiger partial charge in [-0.3, -0.25) is 19.2 Å². The molecule has 0 atom stereocenters. The molecule has 0 aliphatic heterocycles. The lowest BCUT2D eigenvalue weighted by atomic mass is 9.92. The van der Waals surface area contributed by atoms with Gasteiger partial charge in [0.05, 0.1) is 0 Å². The fraction of sp³-hybridized carbons (Fsp3) is 0.644. The van der Waals surface area contributed by atoms with Crippen molar-refractivity contribution in [2.45, 2.75) is 156 Å². The predicted octanol–water partition coefficient (Wildman–Crippen LogP) is 8.07. The zero-order valence-electron chi connectivity index (χ0n) is 36.5. The maximum Gasteiger partial charge on any atom is 0.333 e. The SMILES string of the molecule is CC(=CCCCCCC(=O)O)C(=O)OCC(COC(=O)C(C)=CCCCCCC(=O)O)(COC(=O)C(C)=CCCCCCC(=O)O)COC(=O)C(C)=CCCCCCC(=O)O. The number of hydrogen-bond donors (Lipinski definition) is 4. The van der Waals surface area contributed by atoms with Crippen LogP contribution >= 0.6 is 0 Å². The Balaban J connectivity index is 6.32. The van der Waals surface area contributed by atoms with Crippen molar-refractivity contribution in [3.05, 3.63) is 46.6 Å². The van der Waals surface area contributed by atoms with E-state index in [1.54, 1.807) is 52.0 Å². The van der Waals surface area contributed by atoms with Crippen molar-refractivity contribution in [1.82, 2.24) is 0 Å². The maximum atomic E-state index is 13.2. The molecule has 16 heteroatoms. The molecule has 0 rings (SSSR count). The summed E-state index contributed by atoms with van der Waals surface area (Å²) in [5.41, 5.74) is -0.568. The van der Waals surface area contributed by atoms with Crippen molar-refractivity contribution < 1.29 is 77.7 Å². The summed E-state index contributed by atoms with van der Waals surface area (Å²) in [7, 11) is 0. The Labute approximate surface area is 359 Å². The molecule has 4 N–H and O–H groups in total. The molecule has 0 unspecified atom stereocenters. The second-order valence-corrected chi connectivity index (χ2v) is 15.3. The van der Waals surface area contributed by atoms with Crippen LogP contribution in [0.25, 0.3) is 0 Å². The monoisotopic (exact) mass is 864 g/mol. The molecule has 0 heterocycles. The summed E-state index contributed by atoms with van der Waals surface area (Å²) in [5.74, 6) is -6.44. The molecule has 0 aliphatic rings. The topological polar surface area (TPSA) is 254 Å². The highest BCUT2D eigenvalue weighted by atomic mass is 16.6. The van der Waals surface area contributed by atoms with E-state index < -0.39 is 79.6 Å². The second-order valence-electron chi connectivity index (χ2n) is 15.3. The van der Waals surface area contributed by atoms with Crippen molar-refractivity contribution in [2.75, 3.05) is 26.4 Å². The van der Waals surface area contributed by atoms with Gasteiger partial charge in [0.2, 0.25) is 0 Å². The Kier molecular flexibility index (Phi) is 30.5. The molecule has 0 radical (unpaired) electrons. The number of carbonyl (C=O) groups is 8. The molecule has 344 valence electrons. The van der Waals surface area contributed by atoms with Crippen LogP contribution < -0.4 is 0 Å². The summed E-state index contributed by atoms with van der Waals surface area (Å²) in [5, 5.41) is 35.4. The minimum atomic E-state index is -1.58. The Hall–Kier alpha value is -5.28. The van der Waals surface area contributed by atoms with Gasteiger partial charge in [0.15, 0.2) is 0 Å². The van der Waals surface area contributed by atoms with Crippen molar-refractivity contribution in [3.8, 4) is 0 Å². The molecular formula is C45H68O16. The van der Waals surface area contributed by atoms with Crippen LogP contribution in [0, 0.1) is 5.41 Å². The second kappa shape index (κ2) is 33.4. The Bertz CT molecular complexity index is 1320. The third kappa shape index (κ3) is 30.4. The molecule has 0 amide bonds. The van der Waals surface area contributed by atoms with Crippen LogP contribution in [-0.2, 0) is 57.3 Å². The van der Waals surface area contributed by atoms with Crippen LogP contribution in [0.3, 0.4) is 0 Å². The minimum Gasteiger partial charge on any atom is -0.481 e. The molecule has 61 heavy (non-hydrogen) atoms. The zero-order chi connectivity index (χ0) is 46.1. The fourth-order valence-electron chi connectivity index (χ4n) is 5.58. The van der Waals surface area contributed by atoms with Crippen LogP contribution in [-0.4, -0.2) is 94.6 Å². The number of hydrogen-bond acceptors (Lipinski definition) is 12. The van der Waals surface area contributed by atoms with Gasteiger partial charge in [-0.05, 0) is 105 Å². The average molecular weight is 865 g/mol. The molecule has 16 nitrogen and oxygen atoms in total. The average Bonchev–Trinajstić information content (AvgIpc) is 3.20. The highest BCUT2D eigenvalue weighted by Gasteiger charge is 2.38. The third-order valence-corrected chi connectivity index (χ3v) is 9.51. The van der Waals surface area contributed by atoms with Crippen molar-refractivity contribution >= 4 is 47.8 Å². The standard InChI is InChI=1S/C45H68O16/c1-33(21-13-5-9-17-25-37(46)47)41(54)58-29-45(30-59-42(55)34(2)22-14-6-10-18-26-38(48)49,31-60-43(56)35(3)23-15-7-11-19-27-39(50)51)32-61-44(57)36(4)24-16-8-12-20-28-40(52)53/h21-24H,5-20,25-32H2,1-4H3,(H,46,47)(H,48,49)(H,50,51)(H,52,53). The first-order valence-electron chi connectivity index (χ1n) is 21.1. The quantitative estimate of drug-likeness (QED) is 0.0201. The summed E-state index contributed by atoms with van der Waals surface area (Å²) < 4.78 is 22.7. The number of carboxylic acids is 4. The van der Waals surface area contributed by atoms with E-state index in [0.29, 0.717) is 103 Å². The van der Waals surface area contributed by atoms with E-state index in [4.69, 9.17) is 39.4 Å². The van der Waals surface area contributed by atoms with E-state index in [-0.39, 0.29) is 48.0 Å². The summed E-state index contributed by atoms with van der Waals surface area (Å²) in [6.07, 6.45) is 15.9. The molecule has 0 aromatic rings. The molecule has 0 spiro atoms. The van der Waals surface area contributed by atoms with E-state index in [1.165, 1.54) is 0 Å². The van der Waals surface area contributed by atoms with Crippen molar-refractivity contribution in [3.63, 3.8) is 0 Å². The van der Waals surface area contributed by atoms with E-state index in [9.17, 15) is 38.4 Å². The normalized spacial score (nSPS) is 13.2. The Morgan fingerprint density at radius 3 is 0.721 bits per heavy atom. The lowest BCUT2D eigenvalue weighted by molar-refractivity contribution is -0.166. The molecular weight excluding hydrogens is 796 g/mol. The number of carboxylic acid groups (broad SMARTS) is 4. The van der Waals surface area contributed by atoms with Gasteiger partial charge in [-0.2, -0.15) is 0 Å². The van der Waals surface area contributed by atoms with Crippen LogP contribution in [0.5, 0.6) is 0 Å². The summed E-state index contributed by atoms with van der Waals surface area (Å²) in [6, 6.07) is 0. The molecule has 0 saturated heterocycles. The van der Waals surface area contributed by atoms with Gasteiger partial charge in [0.25, 0.3) is 0 Å². The first-order chi connectivity index (χ1) is 28.9. The van der Waals surface area contributed by atoms with Crippen LogP contribution in [0.2, 0.25) is 0 Å². The first kappa shape index (κ1) is 55.7. The van der Waals surface area contributed by atoms with E-state index in [1.807, 2.05) is 0 Å². The lowest BCUT2D eigenvalue weighted by Gasteiger charge is -2.31. The van der Waals surface area contributed by atoms with Crippen LogP contribution in [0.4, 0.5) is 0 Å². The van der Waals surface area contributed by atoms with E-state index >= 15 is 0 Å². The van der Waals surface area contributed by atoms with Gasteiger partial charge >= 0.3 is 47.8 Å². The van der Waals surface area contributed by atoms with Gasteiger partial charge in [-0.15, -0.1) is 0 Å². The van der Waals surface area contributed by atoms with Gasteiger partial charge in [-0.1, -0.05) is 50.0 Å². The highest BCUT2D eigenvalue weighted by molar-refractivity contribution is 5.89. The summed E-state index contributed by atoms with van der Waals surface area (Å²) in [4.78, 5) is 96.0. The minimum absolute atomic E-state index is 0.0459. The molecule has 0 aliphatic carbocycles. The largest absolute Gasteiger partial charge is 0.481 e. The van der Waals surface area contributed by atoms with E-state index in [0.717, 1.165) is 0 Å². The van der Waals surface area contributed by atoms with Crippen LogP contribution in [0.15, 0.2) is 46.6 Å². The fourth-order valence-corrected chi connectivity index (χ4v) is 5.58. The van der Waals surface area contributed by atoms with Crippen LogP contribution in [0.1, 0.15) is 156 Å². The van der Waals surface area contributed by atoms with Gasteiger partial charge < -0.3 is 39.4 Å². The van der Waals surface area contributed by atoms with Crippen molar-refractivity contribution in [1.29, 1.82) is 0 Å². The number of esters is 4. The number of ether oxygens (including phenoxy) is 4. The van der Waals surface area contributed by atoms with E-state index in [2.05, 4.69) is 0 Å². The number of allylic oxidation sites excluding steroid dienone is 4. The molecule has 0 aromatic heterocycles. The highest BCUT2D eigenvalue weighted by Crippen LogP contribution is 2.24. The molecule has 0 bridgehead atoms. The Morgan fingerprint density at radius 2 is 0.541 bits per heavy atom. The maximum absolute atomic E-state index is 13.2. The van der Waals surface area contributed by atoms with Crippen molar-refractivity contribution in [2.24, 2.45) is 5.41 Å². The van der Waals surface area contributed by atoms with Gasteiger partial charge in [0.1, 0.15) is 31.8 Å². The van der Waals surface area contributed by atoms with Gasteiger partial charge in [0, 0.05) is 48.0 Å². The van der Waals surface area contributed by atoms with Gasteiger partial charge in [-0.25, -0.2) is 19.2 Å². The lowest BCUT2D eigenvalue weighted by Crippen LogP contribution is -2.44. The number of carbonyl (C=O) groups excluding carboxylic acids is 4. The predicted molar refractivity (Wildman–Crippen MR) is 224 cm³/mol. The summed E-state index contributed by atoms with van der Waals surface area (Å²) >= 11 is 0. The third-order valence-electron chi connectivity index (χ3n) is 9.51. The number of aliphatic carboxylic acids is 4. The first-order valence-corrected chi connectivity index (χ1v) is 21.1.